The summed E-state index contributed by atoms with van der Waals surface area (Å²) in [6.45, 7) is 1.62. The molecule has 1 N–H and O–H groups in total. The highest BCUT2D eigenvalue weighted by Gasteiger charge is 2.12. The molecule has 0 amide bonds. The van der Waals surface area contributed by atoms with E-state index < -0.39 is 0 Å². The maximum atomic E-state index is 6.08. The van der Waals surface area contributed by atoms with E-state index in [4.69, 9.17) is 13.9 Å². The lowest BCUT2D eigenvalue weighted by molar-refractivity contribution is 0.409. The van der Waals surface area contributed by atoms with Gasteiger partial charge in [-0.25, -0.2) is 0 Å². The Morgan fingerprint density at radius 3 is 2.38 bits per heavy atom. The van der Waals surface area contributed by atoms with Crippen LogP contribution in [0.5, 0.6) is 11.5 Å². The van der Waals surface area contributed by atoms with E-state index in [1.54, 1.807) is 14.2 Å². The van der Waals surface area contributed by atoms with Crippen LogP contribution in [-0.2, 0) is 13.0 Å². The zero-order chi connectivity index (χ0) is 20.1. The summed E-state index contributed by atoms with van der Waals surface area (Å²) in [5.74, 6) is 2.54. The topological polar surface area (TPSA) is 43.6 Å². The van der Waals surface area contributed by atoms with Gasteiger partial charge in [-0.1, -0.05) is 48.5 Å². The maximum Gasteiger partial charge on any atom is 0.176 e. The van der Waals surface area contributed by atoms with Crippen molar-refractivity contribution >= 4 is 11.0 Å². The normalized spacial score (nSPS) is 11.0. The fraction of sp³-hybridized carbons (Fsp3) is 0.200. The van der Waals surface area contributed by atoms with Gasteiger partial charge in [-0.3, -0.25) is 0 Å². The van der Waals surface area contributed by atoms with Crippen LogP contribution >= 0.6 is 0 Å². The van der Waals surface area contributed by atoms with Crippen LogP contribution in [0.15, 0.2) is 77.2 Å². The number of benzene rings is 3. The summed E-state index contributed by atoms with van der Waals surface area (Å²) in [4.78, 5) is 0. The molecule has 0 aliphatic heterocycles. The second kappa shape index (κ2) is 8.84. The van der Waals surface area contributed by atoms with E-state index in [0.29, 0.717) is 0 Å². The van der Waals surface area contributed by atoms with Gasteiger partial charge < -0.3 is 19.2 Å². The van der Waals surface area contributed by atoms with Crippen LogP contribution in [0.3, 0.4) is 0 Å². The largest absolute Gasteiger partial charge is 0.496 e. The van der Waals surface area contributed by atoms with Crippen molar-refractivity contribution in [2.75, 3.05) is 20.8 Å². The van der Waals surface area contributed by atoms with Gasteiger partial charge in [0.15, 0.2) is 11.3 Å². The first kappa shape index (κ1) is 19.1. The van der Waals surface area contributed by atoms with Crippen LogP contribution in [0.25, 0.3) is 22.3 Å². The predicted molar refractivity (Wildman–Crippen MR) is 117 cm³/mol. The first-order chi connectivity index (χ1) is 14.3. The fourth-order valence-corrected chi connectivity index (χ4v) is 3.54. The Labute approximate surface area is 171 Å². The van der Waals surface area contributed by atoms with Crippen molar-refractivity contribution in [2.24, 2.45) is 0 Å². The average molecular weight is 387 g/mol. The van der Waals surface area contributed by atoms with Crippen LogP contribution in [0.1, 0.15) is 11.1 Å². The lowest BCUT2D eigenvalue weighted by Gasteiger charge is -2.10. The third kappa shape index (κ3) is 4.28. The summed E-state index contributed by atoms with van der Waals surface area (Å²) >= 11 is 0. The molecular formula is C25H25NO3. The molecule has 1 heterocycles. The Morgan fingerprint density at radius 2 is 1.59 bits per heavy atom. The number of nitrogens with one attached hydrogen (secondary N) is 1. The maximum absolute atomic E-state index is 6.08. The molecule has 3 aromatic carbocycles. The number of fused-ring (bicyclic) bond motifs is 1. The summed E-state index contributed by atoms with van der Waals surface area (Å²) in [6.07, 6.45) is 0.910. The van der Waals surface area contributed by atoms with Crippen molar-refractivity contribution in [3.8, 4) is 22.8 Å². The highest BCUT2D eigenvalue weighted by molar-refractivity contribution is 5.88. The molecule has 1 aromatic heterocycles. The van der Waals surface area contributed by atoms with Gasteiger partial charge in [-0.2, -0.15) is 0 Å². The third-order valence-corrected chi connectivity index (χ3v) is 5.01. The molecule has 0 radical (unpaired) electrons. The van der Waals surface area contributed by atoms with Gasteiger partial charge in [-0.15, -0.1) is 0 Å². The quantitative estimate of drug-likeness (QED) is 0.408. The van der Waals surface area contributed by atoms with Gasteiger partial charge in [0.1, 0.15) is 11.5 Å². The summed E-state index contributed by atoms with van der Waals surface area (Å²) < 4.78 is 17.1. The van der Waals surface area contributed by atoms with Crippen LogP contribution in [0.4, 0.5) is 0 Å². The van der Waals surface area contributed by atoms with Crippen LogP contribution in [0.2, 0.25) is 0 Å². The van der Waals surface area contributed by atoms with Crippen molar-refractivity contribution < 1.29 is 13.9 Å². The molecular weight excluding hydrogens is 362 g/mol. The molecule has 4 aromatic rings. The molecule has 0 aliphatic carbocycles. The number of furan rings is 1. The SMILES string of the molecule is COc1ccccc1CCNCc1cc(OC)c2oc(-c3ccccc3)cc2c1. The van der Waals surface area contributed by atoms with Crippen molar-refractivity contribution in [1.82, 2.24) is 5.32 Å². The number of methoxy groups -OCH3 is 2. The first-order valence-electron chi connectivity index (χ1n) is 9.77. The van der Waals surface area contributed by atoms with Gasteiger partial charge in [0, 0.05) is 17.5 Å². The molecule has 0 bridgehead atoms. The molecule has 0 spiro atoms. The molecule has 0 fully saturated rings. The molecule has 4 heteroatoms. The molecule has 4 rings (SSSR count). The van der Waals surface area contributed by atoms with Gasteiger partial charge >= 0.3 is 0 Å². The number of ether oxygens (including phenoxy) is 2. The van der Waals surface area contributed by atoms with E-state index >= 15 is 0 Å². The zero-order valence-corrected chi connectivity index (χ0v) is 16.8. The standard InChI is InChI=1S/C25H25NO3/c1-27-22-11-7-6-10-20(22)12-13-26-17-18-14-21-16-23(19-8-4-3-5-9-19)29-25(21)24(15-18)28-2/h3-11,14-16,26H,12-13,17H2,1-2H3. The molecule has 0 atom stereocenters. The summed E-state index contributed by atoms with van der Waals surface area (Å²) in [7, 11) is 3.39. The second-order valence-corrected chi connectivity index (χ2v) is 6.93. The van der Waals surface area contributed by atoms with Crippen molar-refractivity contribution in [3.63, 3.8) is 0 Å². The summed E-state index contributed by atoms with van der Waals surface area (Å²) in [5, 5.41) is 4.56. The lowest BCUT2D eigenvalue weighted by atomic mass is 10.1. The van der Waals surface area contributed by atoms with Crippen LogP contribution < -0.4 is 14.8 Å². The van der Waals surface area contributed by atoms with Gasteiger partial charge in [0.05, 0.1) is 14.2 Å². The Kier molecular flexibility index (Phi) is 5.82. The molecule has 148 valence electrons. The Morgan fingerprint density at radius 1 is 0.828 bits per heavy atom. The van der Waals surface area contributed by atoms with E-state index in [1.807, 2.05) is 54.6 Å². The fourth-order valence-electron chi connectivity index (χ4n) is 3.54. The van der Waals surface area contributed by atoms with Gasteiger partial charge in [-0.05, 0) is 48.4 Å². The van der Waals surface area contributed by atoms with E-state index in [-0.39, 0.29) is 0 Å². The Balaban J connectivity index is 1.47. The molecule has 0 saturated carbocycles. The Bertz CT molecular complexity index is 1090. The molecule has 4 nitrogen and oxygen atoms in total. The van der Waals surface area contributed by atoms with Gasteiger partial charge in [0.2, 0.25) is 0 Å². The summed E-state index contributed by atoms with van der Waals surface area (Å²) in [6, 6.07) is 24.5. The van der Waals surface area contributed by atoms with Crippen molar-refractivity contribution in [1.29, 1.82) is 0 Å². The zero-order valence-electron chi connectivity index (χ0n) is 16.8. The molecule has 29 heavy (non-hydrogen) atoms. The van der Waals surface area contributed by atoms with E-state index in [2.05, 4.69) is 23.5 Å². The minimum absolute atomic E-state index is 0.756. The predicted octanol–water partition coefficient (Wildman–Crippen LogP) is 5.45. The van der Waals surface area contributed by atoms with Crippen LogP contribution in [0, 0.1) is 0 Å². The minimum Gasteiger partial charge on any atom is -0.496 e. The van der Waals surface area contributed by atoms with Crippen LogP contribution in [-0.4, -0.2) is 20.8 Å². The number of hydrogen-bond acceptors (Lipinski definition) is 4. The third-order valence-electron chi connectivity index (χ3n) is 5.01. The number of rotatable bonds is 8. The monoisotopic (exact) mass is 387 g/mol. The average Bonchev–Trinajstić information content (AvgIpc) is 3.21. The van der Waals surface area contributed by atoms with Crippen molar-refractivity contribution in [2.45, 2.75) is 13.0 Å². The smallest absolute Gasteiger partial charge is 0.176 e. The number of hydrogen-bond donors (Lipinski definition) is 1. The minimum atomic E-state index is 0.756. The van der Waals surface area contributed by atoms with E-state index in [9.17, 15) is 0 Å². The van der Waals surface area contributed by atoms with Crippen molar-refractivity contribution in [3.05, 3.63) is 83.9 Å². The highest BCUT2D eigenvalue weighted by Crippen LogP contribution is 2.34. The molecule has 0 unspecified atom stereocenters. The number of para-hydroxylation sites is 1. The van der Waals surface area contributed by atoms with E-state index in [0.717, 1.165) is 58.9 Å². The lowest BCUT2D eigenvalue weighted by Crippen LogP contribution is -2.17. The summed E-state index contributed by atoms with van der Waals surface area (Å²) in [5.41, 5.74) is 4.21. The molecule has 0 aliphatic rings. The molecule has 0 saturated heterocycles. The first-order valence-corrected chi connectivity index (χ1v) is 9.77. The second-order valence-electron chi connectivity index (χ2n) is 6.93. The Hall–Kier alpha value is -3.24. The van der Waals surface area contributed by atoms with E-state index in [1.165, 1.54) is 5.56 Å². The highest BCUT2D eigenvalue weighted by atomic mass is 16.5. The van der Waals surface area contributed by atoms with Gasteiger partial charge in [0.25, 0.3) is 0 Å².